The second-order valence-corrected chi connectivity index (χ2v) is 5.56. The SMILES string of the molecule is CCNC1CCc2c(OCCc3ccccc3)cccc21. The second kappa shape index (κ2) is 6.77. The van der Waals surface area contributed by atoms with Crippen molar-refractivity contribution in [1.29, 1.82) is 0 Å². The summed E-state index contributed by atoms with van der Waals surface area (Å²) in [7, 11) is 0. The molecule has 0 saturated carbocycles. The molecule has 0 saturated heterocycles. The molecule has 1 unspecified atom stereocenters. The molecule has 0 aromatic heterocycles. The molecule has 0 fully saturated rings. The van der Waals surface area contributed by atoms with Crippen molar-refractivity contribution in [2.24, 2.45) is 0 Å². The van der Waals surface area contributed by atoms with E-state index in [1.165, 1.54) is 23.1 Å². The quantitative estimate of drug-likeness (QED) is 0.867. The molecule has 0 heterocycles. The van der Waals surface area contributed by atoms with Crippen molar-refractivity contribution in [3.8, 4) is 5.75 Å². The van der Waals surface area contributed by atoms with Gasteiger partial charge in [0.2, 0.25) is 0 Å². The fourth-order valence-electron chi connectivity index (χ4n) is 3.14. The average Bonchev–Trinajstić information content (AvgIpc) is 2.93. The molecular weight excluding hydrogens is 258 g/mol. The van der Waals surface area contributed by atoms with E-state index in [0.29, 0.717) is 6.04 Å². The number of nitrogens with one attached hydrogen (secondary N) is 1. The summed E-state index contributed by atoms with van der Waals surface area (Å²) in [6.45, 7) is 3.92. The third-order valence-electron chi connectivity index (χ3n) is 4.17. The Labute approximate surface area is 127 Å². The highest BCUT2D eigenvalue weighted by atomic mass is 16.5. The molecule has 1 aliphatic carbocycles. The van der Waals surface area contributed by atoms with Gasteiger partial charge in [0.05, 0.1) is 6.61 Å². The van der Waals surface area contributed by atoms with Crippen LogP contribution in [0.3, 0.4) is 0 Å². The van der Waals surface area contributed by atoms with E-state index < -0.39 is 0 Å². The molecule has 2 aromatic carbocycles. The first kappa shape index (κ1) is 14.2. The van der Waals surface area contributed by atoms with Crippen molar-refractivity contribution < 1.29 is 4.74 Å². The third kappa shape index (κ3) is 3.27. The summed E-state index contributed by atoms with van der Waals surface area (Å²) in [5, 5.41) is 3.55. The zero-order valence-corrected chi connectivity index (χ0v) is 12.6. The van der Waals surface area contributed by atoms with E-state index in [0.717, 1.165) is 31.7 Å². The van der Waals surface area contributed by atoms with E-state index in [4.69, 9.17) is 4.74 Å². The lowest BCUT2D eigenvalue weighted by molar-refractivity contribution is 0.319. The number of rotatable bonds is 6. The predicted octanol–water partition coefficient (Wildman–Crippen LogP) is 3.90. The average molecular weight is 281 g/mol. The predicted molar refractivity (Wildman–Crippen MR) is 86.8 cm³/mol. The molecule has 0 bridgehead atoms. The van der Waals surface area contributed by atoms with Crippen LogP contribution in [0.5, 0.6) is 5.75 Å². The molecule has 2 heteroatoms. The van der Waals surface area contributed by atoms with Crippen LogP contribution in [-0.4, -0.2) is 13.2 Å². The Morgan fingerprint density at radius 3 is 2.76 bits per heavy atom. The summed E-state index contributed by atoms with van der Waals surface area (Å²) in [4.78, 5) is 0. The summed E-state index contributed by atoms with van der Waals surface area (Å²) >= 11 is 0. The van der Waals surface area contributed by atoms with Crippen molar-refractivity contribution in [3.05, 3.63) is 65.2 Å². The summed E-state index contributed by atoms with van der Waals surface area (Å²) in [5.74, 6) is 1.07. The van der Waals surface area contributed by atoms with Crippen LogP contribution < -0.4 is 10.1 Å². The van der Waals surface area contributed by atoms with E-state index in [-0.39, 0.29) is 0 Å². The molecule has 1 atom stereocenters. The first-order valence-electron chi connectivity index (χ1n) is 7.90. The van der Waals surface area contributed by atoms with Gasteiger partial charge in [0.15, 0.2) is 0 Å². The number of hydrogen-bond donors (Lipinski definition) is 1. The fourth-order valence-corrected chi connectivity index (χ4v) is 3.14. The van der Waals surface area contributed by atoms with Crippen LogP contribution in [0, 0.1) is 0 Å². The first-order valence-corrected chi connectivity index (χ1v) is 7.90. The van der Waals surface area contributed by atoms with Crippen LogP contribution >= 0.6 is 0 Å². The number of hydrogen-bond acceptors (Lipinski definition) is 2. The van der Waals surface area contributed by atoms with Gasteiger partial charge in [-0.05, 0) is 42.1 Å². The minimum absolute atomic E-state index is 0.502. The van der Waals surface area contributed by atoms with Gasteiger partial charge in [-0.1, -0.05) is 49.4 Å². The number of fused-ring (bicyclic) bond motifs is 1. The Balaban J connectivity index is 1.64. The Hall–Kier alpha value is -1.80. The fraction of sp³-hybridized carbons (Fsp3) is 0.368. The molecule has 110 valence electrons. The normalized spacial score (nSPS) is 16.7. The van der Waals surface area contributed by atoms with Gasteiger partial charge in [-0.25, -0.2) is 0 Å². The summed E-state index contributed by atoms with van der Waals surface area (Å²) in [6.07, 6.45) is 3.26. The Bertz CT molecular complexity index is 579. The van der Waals surface area contributed by atoms with Crippen molar-refractivity contribution >= 4 is 0 Å². The summed E-state index contributed by atoms with van der Waals surface area (Å²) in [5.41, 5.74) is 4.15. The molecule has 1 N–H and O–H groups in total. The molecule has 21 heavy (non-hydrogen) atoms. The van der Waals surface area contributed by atoms with Crippen LogP contribution in [0.15, 0.2) is 48.5 Å². The topological polar surface area (TPSA) is 21.3 Å². The maximum atomic E-state index is 6.05. The maximum Gasteiger partial charge on any atom is 0.122 e. The molecule has 2 nitrogen and oxygen atoms in total. The van der Waals surface area contributed by atoms with Crippen molar-refractivity contribution in [3.63, 3.8) is 0 Å². The van der Waals surface area contributed by atoms with Gasteiger partial charge in [-0.2, -0.15) is 0 Å². The van der Waals surface area contributed by atoms with Gasteiger partial charge >= 0.3 is 0 Å². The molecule has 2 aromatic rings. The van der Waals surface area contributed by atoms with E-state index >= 15 is 0 Å². The van der Waals surface area contributed by atoms with Crippen LogP contribution in [0.4, 0.5) is 0 Å². The van der Waals surface area contributed by atoms with Gasteiger partial charge in [0.1, 0.15) is 5.75 Å². The number of ether oxygens (including phenoxy) is 1. The lowest BCUT2D eigenvalue weighted by Gasteiger charge is -2.14. The minimum atomic E-state index is 0.502. The molecule has 0 aliphatic heterocycles. The van der Waals surface area contributed by atoms with Gasteiger partial charge in [0, 0.05) is 12.5 Å². The monoisotopic (exact) mass is 281 g/mol. The molecule has 0 amide bonds. The standard InChI is InChI=1S/C19H23NO/c1-2-20-18-12-11-17-16(18)9-6-10-19(17)21-14-13-15-7-4-3-5-8-15/h3-10,18,20H,2,11-14H2,1H3. The first-order chi connectivity index (χ1) is 10.4. The van der Waals surface area contributed by atoms with Crippen LogP contribution in [0.25, 0.3) is 0 Å². The van der Waals surface area contributed by atoms with E-state index in [2.05, 4.69) is 60.8 Å². The third-order valence-corrected chi connectivity index (χ3v) is 4.17. The smallest absolute Gasteiger partial charge is 0.122 e. The molecular formula is C19H23NO. The van der Waals surface area contributed by atoms with Crippen molar-refractivity contribution in [2.75, 3.05) is 13.2 Å². The molecule has 0 spiro atoms. The molecule has 1 aliphatic rings. The highest BCUT2D eigenvalue weighted by Crippen LogP contribution is 2.36. The van der Waals surface area contributed by atoms with Crippen LogP contribution in [-0.2, 0) is 12.8 Å². The zero-order valence-electron chi connectivity index (χ0n) is 12.6. The second-order valence-electron chi connectivity index (χ2n) is 5.56. The van der Waals surface area contributed by atoms with Crippen LogP contribution in [0.1, 0.15) is 36.1 Å². The summed E-state index contributed by atoms with van der Waals surface area (Å²) < 4.78 is 6.05. The van der Waals surface area contributed by atoms with Gasteiger partial charge < -0.3 is 10.1 Å². The highest BCUT2D eigenvalue weighted by molar-refractivity contribution is 5.45. The van der Waals surface area contributed by atoms with E-state index in [1.807, 2.05) is 0 Å². The Morgan fingerprint density at radius 2 is 1.95 bits per heavy atom. The highest BCUT2D eigenvalue weighted by Gasteiger charge is 2.24. The number of benzene rings is 2. The van der Waals surface area contributed by atoms with Crippen LogP contribution in [0.2, 0.25) is 0 Å². The van der Waals surface area contributed by atoms with Gasteiger partial charge in [-0.15, -0.1) is 0 Å². The lowest BCUT2D eigenvalue weighted by Crippen LogP contribution is -2.18. The van der Waals surface area contributed by atoms with Gasteiger partial charge in [0.25, 0.3) is 0 Å². The summed E-state index contributed by atoms with van der Waals surface area (Å²) in [6, 6.07) is 17.5. The largest absolute Gasteiger partial charge is 0.493 e. The Morgan fingerprint density at radius 1 is 1.10 bits per heavy atom. The zero-order chi connectivity index (χ0) is 14.5. The van der Waals surface area contributed by atoms with Crippen molar-refractivity contribution in [2.45, 2.75) is 32.2 Å². The molecule has 3 rings (SSSR count). The lowest BCUT2D eigenvalue weighted by atomic mass is 10.1. The maximum absolute atomic E-state index is 6.05. The Kier molecular flexibility index (Phi) is 4.56. The van der Waals surface area contributed by atoms with E-state index in [1.54, 1.807) is 0 Å². The van der Waals surface area contributed by atoms with Crippen molar-refractivity contribution in [1.82, 2.24) is 5.32 Å². The van der Waals surface area contributed by atoms with Gasteiger partial charge in [-0.3, -0.25) is 0 Å². The molecule has 0 radical (unpaired) electrons. The van der Waals surface area contributed by atoms with E-state index in [9.17, 15) is 0 Å². The minimum Gasteiger partial charge on any atom is -0.493 e.